The van der Waals surface area contributed by atoms with E-state index in [9.17, 15) is 14.9 Å². The van der Waals surface area contributed by atoms with Gasteiger partial charge in [-0.1, -0.05) is 17.7 Å². The zero-order valence-corrected chi connectivity index (χ0v) is 18.4. The lowest BCUT2D eigenvalue weighted by molar-refractivity contribution is -0.384. The van der Waals surface area contributed by atoms with Crippen LogP contribution in [-0.2, 0) is 4.79 Å². The summed E-state index contributed by atoms with van der Waals surface area (Å²) in [5.41, 5.74) is 1.89. The molecule has 0 radical (unpaired) electrons. The van der Waals surface area contributed by atoms with E-state index >= 15 is 0 Å². The summed E-state index contributed by atoms with van der Waals surface area (Å²) in [6, 6.07) is 11.7. The molecule has 0 atom stereocenters. The largest absolute Gasteiger partial charge is 0.497 e. The third kappa shape index (κ3) is 6.07. The van der Waals surface area contributed by atoms with Crippen molar-refractivity contribution in [1.82, 2.24) is 10.3 Å². The van der Waals surface area contributed by atoms with E-state index in [1.54, 1.807) is 13.2 Å². The molecule has 0 saturated carbocycles. The molecule has 1 aromatic heterocycles. The number of thiocarbonyl (C=S) groups is 1. The molecule has 0 bridgehead atoms. The number of amides is 1. The van der Waals surface area contributed by atoms with Gasteiger partial charge in [0.2, 0.25) is 5.91 Å². The number of rotatable bonds is 6. The van der Waals surface area contributed by atoms with Crippen molar-refractivity contribution in [2.45, 2.75) is 0 Å². The SMILES string of the molecule is COc1ccc(-c2csc(NC(=S)NC(=O)/C=C/c3ccc(Cl)c([N+](=O)[O-])c3)n2)cc1. The van der Waals surface area contributed by atoms with Crippen molar-refractivity contribution < 1.29 is 14.5 Å². The fourth-order valence-electron chi connectivity index (χ4n) is 2.45. The Labute approximate surface area is 191 Å². The highest BCUT2D eigenvalue weighted by Crippen LogP contribution is 2.27. The molecule has 2 N–H and O–H groups in total. The van der Waals surface area contributed by atoms with Crippen molar-refractivity contribution in [1.29, 1.82) is 0 Å². The Morgan fingerprint density at radius 3 is 2.71 bits per heavy atom. The van der Waals surface area contributed by atoms with E-state index in [0.29, 0.717) is 10.7 Å². The average molecular weight is 475 g/mol. The molecule has 31 heavy (non-hydrogen) atoms. The second-order valence-electron chi connectivity index (χ2n) is 6.01. The Morgan fingerprint density at radius 1 is 1.29 bits per heavy atom. The van der Waals surface area contributed by atoms with Gasteiger partial charge in [0.15, 0.2) is 10.2 Å². The zero-order chi connectivity index (χ0) is 22.4. The molecule has 3 aromatic rings. The van der Waals surface area contributed by atoms with Crippen molar-refractivity contribution in [3.8, 4) is 17.0 Å². The van der Waals surface area contributed by atoms with Crippen LogP contribution in [0.1, 0.15) is 5.56 Å². The van der Waals surface area contributed by atoms with Crippen LogP contribution >= 0.6 is 35.2 Å². The quantitative estimate of drug-likeness (QED) is 0.226. The van der Waals surface area contributed by atoms with E-state index in [4.69, 9.17) is 28.6 Å². The Morgan fingerprint density at radius 2 is 2.03 bits per heavy atom. The number of carbonyl (C=O) groups is 1. The van der Waals surface area contributed by atoms with Crippen LogP contribution in [0, 0.1) is 10.1 Å². The molecule has 8 nitrogen and oxygen atoms in total. The number of nitro groups is 1. The predicted octanol–water partition coefficient (Wildman–Crippen LogP) is 4.91. The van der Waals surface area contributed by atoms with Crippen LogP contribution in [0.5, 0.6) is 5.75 Å². The lowest BCUT2D eigenvalue weighted by Crippen LogP contribution is -2.32. The molecule has 0 aliphatic carbocycles. The second-order valence-corrected chi connectivity index (χ2v) is 7.68. The van der Waals surface area contributed by atoms with Gasteiger partial charge >= 0.3 is 0 Å². The number of ether oxygens (including phenoxy) is 1. The van der Waals surface area contributed by atoms with Gasteiger partial charge in [0.05, 0.1) is 17.7 Å². The van der Waals surface area contributed by atoms with E-state index < -0.39 is 10.8 Å². The van der Waals surface area contributed by atoms with E-state index in [0.717, 1.165) is 17.0 Å². The predicted molar refractivity (Wildman–Crippen MR) is 126 cm³/mol. The minimum absolute atomic E-state index is 0.0226. The highest BCUT2D eigenvalue weighted by molar-refractivity contribution is 7.80. The lowest BCUT2D eigenvalue weighted by Gasteiger charge is -2.05. The summed E-state index contributed by atoms with van der Waals surface area (Å²) in [5, 5.41) is 18.8. The smallest absolute Gasteiger partial charge is 0.288 e. The summed E-state index contributed by atoms with van der Waals surface area (Å²) >= 11 is 12.3. The number of halogens is 1. The summed E-state index contributed by atoms with van der Waals surface area (Å²) in [4.78, 5) is 26.9. The average Bonchev–Trinajstić information content (AvgIpc) is 3.21. The molecule has 0 spiro atoms. The number of nitro benzene ring substituents is 1. The third-order valence-electron chi connectivity index (χ3n) is 3.94. The molecular weight excluding hydrogens is 460 g/mol. The van der Waals surface area contributed by atoms with Gasteiger partial charge in [-0.05, 0) is 54.2 Å². The normalized spacial score (nSPS) is 10.6. The second kappa shape index (κ2) is 10.1. The van der Waals surface area contributed by atoms with Gasteiger partial charge in [-0.3, -0.25) is 20.2 Å². The molecule has 0 aliphatic rings. The maximum Gasteiger partial charge on any atom is 0.288 e. The van der Waals surface area contributed by atoms with Crippen molar-refractivity contribution in [2.75, 3.05) is 12.4 Å². The molecule has 1 amide bonds. The van der Waals surface area contributed by atoms with Gasteiger partial charge in [-0.2, -0.15) is 0 Å². The molecule has 2 aromatic carbocycles. The molecule has 0 unspecified atom stereocenters. The first kappa shape index (κ1) is 22.3. The highest BCUT2D eigenvalue weighted by atomic mass is 35.5. The number of carbonyl (C=O) groups excluding carboxylic acids is 1. The summed E-state index contributed by atoms with van der Waals surface area (Å²) < 4.78 is 5.14. The number of nitrogens with one attached hydrogen (secondary N) is 2. The van der Waals surface area contributed by atoms with Gasteiger partial charge in [-0.15, -0.1) is 11.3 Å². The van der Waals surface area contributed by atoms with E-state index in [1.807, 2.05) is 29.6 Å². The fourth-order valence-corrected chi connectivity index (χ4v) is 3.63. The maximum absolute atomic E-state index is 12.1. The van der Waals surface area contributed by atoms with Crippen LogP contribution in [0.25, 0.3) is 17.3 Å². The Bertz CT molecular complexity index is 1160. The summed E-state index contributed by atoms with van der Waals surface area (Å²) in [6.45, 7) is 0. The van der Waals surface area contributed by atoms with Crippen molar-refractivity contribution in [2.24, 2.45) is 0 Å². The first-order valence-electron chi connectivity index (χ1n) is 8.69. The van der Waals surface area contributed by atoms with Gasteiger partial charge in [-0.25, -0.2) is 4.98 Å². The lowest BCUT2D eigenvalue weighted by atomic mass is 10.2. The number of anilines is 1. The van der Waals surface area contributed by atoms with Gasteiger partial charge in [0.1, 0.15) is 10.8 Å². The molecule has 158 valence electrons. The summed E-state index contributed by atoms with van der Waals surface area (Å²) in [6.07, 6.45) is 2.64. The van der Waals surface area contributed by atoms with Gasteiger partial charge < -0.3 is 10.1 Å². The first-order chi connectivity index (χ1) is 14.9. The fraction of sp³-hybridized carbons (Fsp3) is 0.0500. The number of benzene rings is 2. The number of hydrogen-bond acceptors (Lipinski definition) is 7. The number of thiazole rings is 1. The molecule has 0 aliphatic heterocycles. The molecule has 0 saturated heterocycles. The topological polar surface area (TPSA) is 106 Å². The number of hydrogen-bond donors (Lipinski definition) is 2. The highest BCUT2D eigenvalue weighted by Gasteiger charge is 2.12. The van der Waals surface area contributed by atoms with Gasteiger partial charge in [0.25, 0.3) is 5.69 Å². The standard InChI is InChI=1S/C20H15ClN4O4S2/c1-29-14-6-4-13(5-7-14)16-11-31-20(22-16)24-19(30)23-18(26)9-3-12-2-8-15(21)17(10-12)25(27)28/h2-11H,1H3,(H2,22,23,24,26,30)/b9-3+. The monoisotopic (exact) mass is 474 g/mol. The first-order valence-corrected chi connectivity index (χ1v) is 10.4. The molecule has 3 rings (SSSR count). The summed E-state index contributed by atoms with van der Waals surface area (Å²) in [5.74, 6) is 0.254. The molecule has 0 fully saturated rings. The van der Waals surface area contributed by atoms with Crippen LogP contribution in [0.2, 0.25) is 5.02 Å². The van der Waals surface area contributed by atoms with Crippen LogP contribution in [0.4, 0.5) is 10.8 Å². The van der Waals surface area contributed by atoms with Crippen LogP contribution < -0.4 is 15.4 Å². The van der Waals surface area contributed by atoms with Crippen molar-refractivity contribution in [3.63, 3.8) is 0 Å². The van der Waals surface area contributed by atoms with E-state index in [1.165, 1.54) is 35.6 Å². The number of nitrogens with zero attached hydrogens (tertiary/aromatic N) is 2. The maximum atomic E-state index is 12.1. The van der Waals surface area contributed by atoms with Crippen molar-refractivity contribution in [3.05, 3.63) is 74.6 Å². The third-order valence-corrected chi connectivity index (χ3v) is 5.22. The Kier molecular flexibility index (Phi) is 7.29. The van der Waals surface area contributed by atoms with Gasteiger partial charge in [0, 0.05) is 23.1 Å². The van der Waals surface area contributed by atoms with E-state index in [-0.39, 0.29) is 15.8 Å². The number of methoxy groups -OCH3 is 1. The zero-order valence-electron chi connectivity index (χ0n) is 16.0. The van der Waals surface area contributed by atoms with Crippen molar-refractivity contribution >= 4 is 63.1 Å². The summed E-state index contributed by atoms with van der Waals surface area (Å²) in [7, 11) is 1.60. The molecule has 1 heterocycles. The number of aromatic nitrogens is 1. The van der Waals surface area contributed by atoms with Crippen LogP contribution in [-0.4, -0.2) is 28.0 Å². The van der Waals surface area contributed by atoms with Crippen LogP contribution in [0.3, 0.4) is 0 Å². The Balaban J connectivity index is 1.57. The molecular formula is C20H15ClN4O4S2. The minimum atomic E-state index is -0.590. The minimum Gasteiger partial charge on any atom is -0.497 e. The molecule has 11 heteroatoms. The van der Waals surface area contributed by atoms with E-state index in [2.05, 4.69) is 15.6 Å². The van der Waals surface area contributed by atoms with Crippen LogP contribution in [0.15, 0.2) is 53.9 Å². The Hall–Kier alpha value is -3.34.